The largest absolute Gasteiger partial charge is 0.398 e. The number of nitrogen functional groups attached to an aromatic ring is 1. The Morgan fingerprint density at radius 2 is 2.00 bits per heavy atom. The summed E-state index contributed by atoms with van der Waals surface area (Å²) in [5.41, 5.74) is 6.83. The van der Waals surface area contributed by atoms with Crippen LogP contribution in [0.1, 0.15) is 44.4 Å². The Morgan fingerprint density at radius 3 is 2.46 bits per heavy atom. The van der Waals surface area contributed by atoms with Crippen molar-refractivity contribution < 1.29 is 0 Å². The average molecular weight is 197 g/mol. The van der Waals surface area contributed by atoms with Crippen molar-refractivity contribution in [3.05, 3.63) is 16.3 Å². The second-order valence-electron chi connectivity index (χ2n) is 4.11. The highest BCUT2D eigenvalue weighted by Gasteiger charge is 2.10. The highest BCUT2D eigenvalue weighted by atomic mass is 32.1. The van der Waals surface area contributed by atoms with Gasteiger partial charge in [-0.3, -0.25) is 0 Å². The first-order valence-corrected chi connectivity index (χ1v) is 5.82. The predicted octanol–water partition coefficient (Wildman–Crippen LogP) is 3.87. The van der Waals surface area contributed by atoms with Gasteiger partial charge >= 0.3 is 0 Å². The number of thiophene rings is 1. The summed E-state index contributed by atoms with van der Waals surface area (Å²) in [5, 5.41) is 2.08. The van der Waals surface area contributed by atoms with E-state index in [9.17, 15) is 0 Å². The van der Waals surface area contributed by atoms with Crippen molar-refractivity contribution in [2.24, 2.45) is 5.92 Å². The smallest absolute Gasteiger partial charge is 0.0458 e. The Kier molecular flexibility index (Phi) is 3.79. The van der Waals surface area contributed by atoms with Gasteiger partial charge in [0.15, 0.2) is 0 Å². The molecular weight excluding hydrogens is 178 g/mol. The van der Waals surface area contributed by atoms with E-state index in [0.717, 1.165) is 11.6 Å². The lowest BCUT2D eigenvalue weighted by Gasteiger charge is -2.11. The Bertz CT molecular complexity index is 252. The molecule has 2 heteroatoms. The number of hydrogen-bond donors (Lipinski definition) is 1. The number of rotatable bonds is 4. The van der Waals surface area contributed by atoms with Gasteiger partial charge in [-0.15, -0.1) is 11.3 Å². The standard InChI is InChI=1S/C11H19NS/c1-8(2)4-5-9(3)11-10(12)6-7-13-11/h6-9H,4-5,12H2,1-3H3. The van der Waals surface area contributed by atoms with Crippen LogP contribution in [0.3, 0.4) is 0 Å². The molecule has 74 valence electrons. The van der Waals surface area contributed by atoms with Crippen LogP contribution in [-0.4, -0.2) is 0 Å². The fourth-order valence-corrected chi connectivity index (χ4v) is 2.36. The van der Waals surface area contributed by atoms with Gasteiger partial charge < -0.3 is 5.73 Å². The van der Waals surface area contributed by atoms with E-state index in [0.29, 0.717) is 5.92 Å². The third-order valence-electron chi connectivity index (χ3n) is 2.35. The Balaban J connectivity index is 2.49. The molecule has 0 saturated carbocycles. The highest BCUT2D eigenvalue weighted by Crippen LogP contribution is 2.31. The summed E-state index contributed by atoms with van der Waals surface area (Å²) in [4.78, 5) is 1.36. The van der Waals surface area contributed by atoms with Crippen LogP contribution in [0, 0.1) is 5.92 Å². The molecule has 0 aliphatic rings. The van der Waals surface area contributed by atoms with E-state index in [1.807, 2.05) is 6.07 Å². The average Bonchev–Trinajstić information content (AvgIpc) is 2.47. The summed E-state index contributed by atoms with van der Waals surface area (Å²) in [6.07, 6.45) is 2.54. The van der Waals surface area contributed by atoms with Gasteiger partial charge in [0.1, 0.15) is 0 Å². The molecule has 1 heterocycles. The lowest BCUT2D eigenvalue weighted by atomic mass is 9.98. The summed E-state index contributed by atoms with van der Waals surface area (Å²) >= 11 is 1.78. The van der Waals surface area contributed by atoms with Gasteiger partial charge in [0.2, 0.25) is 0 Å². The molecule has 1 unspecified atom stereocenters. The molecule has 1 aromatic rings. The quantitative estimate of drug-likeness (QED) is 0.779. The molecule has 1 atom stereocenters. The minimum atomic E-state index is 0.627. The number of anilines is 1. The molecule has 0 spiro atoms. The molecular formula is C11H19NS. The fourth-order valence-electron chi connectivity index (χ4n) is 1.45. The molecule has 0 aromatic carbocycles. The molecule has 0 aliphatic carbocycles. The van der Waals surface area contributed by atoms with Crippen LogP contribution >= 0.6 is 11.3 Å². The zero-order chi connectivity index (χ0) is 9.84. The lowest BCUT2D eigenvalue weighted by Crippen LogP contribution is -1.97. The SMILES string of the molecule is CC(C)CCC(C)c1sccc1N. The first kappa shape index (κ1) is 10.6. The van der Waals surface area contributed by atoms with Crippen molar-refractivity contribution in [1.29, 1.82) is 0 Å². The molecule has 2 N–H and O–H groups in total. The molecule has 0 fully saturated rings. The van der Waals surface area contributed by atoms with Crippen LogP contribution in [0.15, 0.2) is 11.4 Å². The van der Waals surface area contributed by atoms with Gasteiger partial charge in [-0.05, 0) is 29.7 Å². The molecule has 13 heavy (non-hydrogen) atoms. The first-order chi connectivity index (χ1) is 6.11. The van der Waals surface area contributed by atoms with Gasteiger partial charge in [0, 0.05) is 10.6 Å². The minimum Gasteiger partial charge on any atom is -0.398 e. The maximum absolute atomic E-state index is 5.86. The van der Waals surface area contributed by atoms with E-state index in [1.165, 1.54) is 17.7 Å². The van der Waals surface area contributed by atoms with Gasteiger partial charge in [0.05, 0.1) is 0 Å². The maximum Gasteiger partial charge on any atom is 0.0458 e. The van der Waals surface area contributed by atoms with Crippen LogP contribution in [0.25, 0.3) is 0 Å². The third kappa shape index (κ3) is 3.03. The van der Waals surface area contributed by atoms with Crippen molar-refractivity contribution in [1.82, 2.24) is 0 Å². The summed E-state index contributed by atoms with van der Waals surface area (Å²) in [6, 6.07) is 2.01. The molecule has 0 amide bonds. The third-order valence-corrected chi connectivity index (χ3v) is 3.52. The van der Waals surface area contributed by atoms with Crippen molar-refractivity contribution in [2.75, 3.05) is 5.73 Å². The molecule has 1 aromatic heterocycles. The summed E-state index contributed by atoms with van der Waals surface area (Å²) in [7, 11) is 0. The van der Waals surface area contributed by atoms with E-state index in [2.05, 4.69) is 26.2 Å². The number of nitrogens with two attached hydrogens (primary N) is 1. The maximum atomic E-state index is 5.86. The fraction of sp³-hybridized carbons (Fsp3) is 0.636. The zero-order valence-corrected chi connectivity index (χ0v) is 9.53. The van der Waals surface area contributed by atoms with Crippen LogP contribution < -0.4 is 5.73 Å². The van der Waals surface area contributed by atoms with E-state index in [1.54, 1.807) is 11.3 Å². The van der Waals surface area contributed by atoms with E-state index in [-0.39, 0.29) is 0 Å². The van der Waals surface area contributed by atoms with E-state index in [4.69, 9.17) is 5.73 Å². The highest BCUT2D eigenvalue weighted by molar-refractivity contribution is 7.10. The monoisotopic (exact) mass is 197 g/mol. The van der Waals surface area contributed by atoms with Gasteiger partial charge in [0.25, 0.3) is 0 Å². The Hall–Kier alpha value is -0.500. The van der Waals surface area contributed by atoms with Crippen molar-refractivity contribution in [3.8, 4) is 0 Å². The van der Waals surface area contributed by atoms with Crippen LogP contribution in [-0.2, 0) is 0 Å². The second-order valence-corrected chi connectivity index (χ2v) is 5.06. The topological polar surface area (TPSA) is 26.0 Å². The normalized spacial score (nSPS) is 13.5. The van der Waals surface area contributed by atoms with Gasteiger partial charge in [-0.25, -0.2) is 0 Å². The predicted molar refractivity (Wildman–Crippen MR) is 61.2 cm³/mol. The summed E-state index contributed by atoms with van der Waals surface area (Å²) < 4.78 is 0. The van der Waals surface area contributed by atoms with E-state index < -0.39 is 0 Å². The van der Waals surface area contributed by atoms with Gasteiger partial charge in [-0.2, -0.15) is 0 Å². The minimum absolute atomic E-state index is 0.627. The zero-order valence-electron chi connectivity index (χ0n) is 8.71. The molecule has 0 aliphatic heterocycles. The summed E-state index contributed by atoms with van der Waals surface area (Å²) in [6.45, 7) is 6.81. The summed E-state index contributed by atoms with van der Waals surface area (Å²) in [5.74, 6) is 1.42. The second kappa shape index (κ2) is 4.66. The van der Waals surface area contributed by atoms with Crippen LogP contribution in [0.2, 0.25) is 0 Å². The molecule has 0 bridgehead atoms. The van der Waals surface area contributed by atoms with Crippen molar-refractivity contribution >= 4 is 17.0 Å². The Labute approximate surface area is 85.0 Å². The van der Waals surface area contributed by atoms with Crippen molar-refractivity contribution in [3.63, 3.8) is 0 Å². The van der Waals surface area contributed by atoms with Crippen LogP contribution in [0.5, 0.6) is 0 Å². The van der Waals surface area contributed by atoms with Crippen molar-refractivity contribution in [2.45, 2.75) is 39.5 Å². The first-order valence-electron chi connectivity index (χ1n) is 4.94. The molecule has 0 saturated heterocycles. The van der Waals surface area contributed by atoms with E-state index >= 15 is 0 Å². The molecule has 0 radical (unpaired) electrons. The van der Waals surface area contributed by atoms with Gasteiger partial charge in [-0.1, -0.05) is 27.2 Å². The molecule has 1 rings (SSSR count). The number of hydrogen-bond acceptors (Lipinski definition) is 2. The Morgan fingerprint density at radius 1 is 1.31 bits per heavy atom. The lowest BCUT2D eigenvalue weighted by molar-refractivity contribution is 0.520. The van der Waals surface area contributed by atoms with Crippen LogP contribution in [0.4, 0.5) is 5.69 Å². The molecule has 1 nitrogen and oxygen atoms in total.